The number of nitrogens with zero attached hydrogens (tertiary/aromatic N) is 2. The Morgan fingerprint density at radius 3 is 2.61 bits per heavy atom. The summed E-state index contributed by atoms with van der Waals surface area (Å²) in [7, 11) is 0. The van der Waals surface area contributed by atoms with Crippen molar-refractivity contribution in [1.29, 1.82) is 5.26 Å². The molecule has 2 heterocycles. The minimum absolute atomic E-state index is 0.302. The summed E-state index contributed by atoms with van der Waals surface area (Å²) in [5.74, 6) is -0.302. The van der Waals surface area contributed by atoms with Gasteiger partial charge in [0.15, 0.2) is 6.29 Å². The lowest BCUT2D eigenvalue weighted by Crippen LogP contribution is -2.36. The first-order chi connectivity index (χ1) is 11.2. The Morgan fingerprint density at radius 2 is 2.00 bits per heavy atom. The standard InChI is InChI=1S/C17H15FN2O2S/c18-13-3-1-12(2-4-13)9-14-15(10-19)17(23-16(14)11-21)20-5-7-22-8-6-20/h1-4,11H,5-9H2. The Bertz CT molecular complexity index is 743. The molecule has 23 heavy (non-hydrogen) atoms. The van der Waals surface area contributed by atoms with Gasteiger partial charge in [0.05, 0.1) is 23.7 Å². The molecular formula is C17H15FN2O2S. The maximum Gasteiger partial charge on any atom is 0.160 e. The van der Waals surface area contributed by atoms with Gasteiger partial charge >= 0.3 is 0 Å². The largest absolute Gasteiger partial charge is 0.378 e. The number of halogens is 1. The molecule has 0 saturated carbocycles. The van der Waals surface area contributed by atoms with E-state index in [1.165, 1.54) is 23.5 Å². The molecule has 1 aliphatic heterocycles. The summed E-state index contributed by atoms with van der Waals surface area (Å²) in [6.07, 6.45) is 1.24. The second kappa shape index (κ2) is 6.90. The highest BCUT2D eigenvalue weighted by Gasteiger charge is 2.23. The second-order valence-electron chi connectivity index (χ2n) is 5.26. The number of morpholine rings is 1. The van der Waals surface area contributed by atoms with Crippen LogP contribution in [0.4, 0.5) is 9.39 Å². The quantitative estimate of drug-likeness (QED) is 0.809. The molecule has 0 N–H and O–H groups in total. The van der Waals surface area contributed by atoms with Gasteiger partial charge in [0, 0.05) is 19.5 Å². The molecule has 3 rings (SSSR count). The molecule has 2 aromatic rings. The highest BCUT2D eigenvalue weighted by molar-refractivity contribution is 7.18. The van der Waals surface area contributed by atoms with Crippen LogP contribution in [0.1, 0.15) is 26.4 Å². The maximum absolute atomic E-state index is 13.0. The molecule has 4 nitrogen and oxygen atoms in total. The van der Waals surface area contributed by atoms with E-state index in [0.717, 1.165) is 22.4 Å². The third-order valence-corrected chi connectivity index (χ3v) is 5.05. The van der Waals surface area contributed by atoms with E-state index < -0.39 is 0 Å². The van der Waals surface area contributed by atoms with Gasteiger partial charge < -0.3 is 9.64 Å². The van der Waals surface area contributed by atoms with Crippen molar-refractivity contribution in [3.63, 3.8) is 0 Å². The summed E-state index contributed by atoms with van der Waals surface area (Å²) >= 11 is 1.35. The predicted molar refractivity (Wildman–Crippen MR) is 86.7 cm³/mol. The van der Waals surface area contributed by atoms with E-state index >= 15 is 0 Å². The molecule has 6 heteroatoms. The number of benzene rings is 1. The number of rotatable bonds is 4. The van der Waals surface area contributed by atoms with Crippen LogP contribution in [0.2, 0.25) is 0 Å². The van der Waals surface area contributed by atoms with E-state index in [4.69, 9.17) is 4.74 Å². The first kappa shape index (κ1) is 15.7. The van der Waals surface area contributed by atoms with Crippen LogP contribution >= 0.6 is 11.3 Å². The van der Waals surface area contributed by atoms with Crippen LogP contribution in [0.3, 0.4) is 0 Å². The van der Waals surface area contributed by atoms with Crippen molar-refractivity contribution in [3.8, 4) is 6.07 Å². The number of hydrogen-bond donors (Lipinski definition) is 0. The number of carbonyl (C=O) groups is 1. The van der Waals surface area contributed by atoms with Gasteiger partial charge in [-0.05, 0) is 23.3 Å². The van der Waals surface area contributed by atoms with Gasteiger partial charge in [-0.3, -0.25) is 4.79 Å². The molecule has 1 aromatic heterocycles. The molecule has 0 bridgehead atoms. The number of ether oxygens (including phenoxy) is 1. The average molecular weight is 330 g/mol. The highest BCUT2D eigenvalue weighted by atomic mass is 32.1. The molecule has 118 valence electrons. The number of carbonyl (C=O) groups excluding carboxylic acids is 1. The summed E-state index contributed by atoms with van der Waals surface area (Å²) in [4.78, 5) is 14.1. The van der Waals surface area contributed by atoms with Crippen LogP contribution in [0.5, 0.6) is 0 Å². The smallest absolute Gasteiger partial charge is 0.160 e. The number of anilines is 1. The molecule has 0 amide bonds. The first-order valence-corrected chi connectivity index (χ1v) is 8.12. The lowest BCUT2D eigenvalue weighted by Gasteiger charge is -2.27. The number of nitriles is 1. The lowest BCUT2D eigenvalue weighted by molar-refractivity contribution is 0.112. The molecule has 0 aliphatic carbocycles. The number of thiophene rings is 1. The minimum Gasteiger partial charge on any atom is -0.378 e. The van der Waals surface area contributed by atoms with Crippen molar-refractivity contribution in [2.75, 3.05) is 31.2 Å². The van der Waals surface area contributed by atoms with E-state index in [2.05, 4.69) is 11.0 Å². The van der Waals surface area contributed by atoms with Crippen molar-refractivity contribution in [3.05, 3.63) is 51.7 Å². The van der Waals surface area contributed by atoms with Gasteiger partial charge in [-0.1, -0.05) is 12.1 Å². The van der Waals surface area contributed by atoms with E-state index in [1.807, 2.05) is 0 Å². The van der Waals surface area contributed by atoms with Crippen LogP contribution in [0.25, 0.3) is 0 Å². The van der Waals surface area contributed by atoms with Crippen molar-refractivity contribution in [1.82, 2.24) is 0 Å². The van der Waals surface area contributed by atoms with Crippen molar-refractivity contribution >= 4 is 22.6 Å². The number of hydrogen-bond acceptors (Lipinski definition) is 5. The zero-order valence-corrected chi connectivity index (χ0v) is 13.2. The van der Waals surface area contributed by atoms with Crippen molar-refractivity contribution < 1.29 is 13.9 Å². The van der Waals surface area contributed by atoms with Crippen LogP contribution in [0, 0.1) is 17.1 Å². The van der Waals surface area contributed by atoms with Gasteiger partial charge in [-0.25, -0.2) is 4.39 Å². The Kier molecular flexibility index (Phi) is 4.70. The molecule has 0 unspecified atom stereocenters. The first-order valence-electron chi connectivity index (χ1n) is 7.31. The summed E-state index contributed by atoms with van der Waals surface area (Å²) in [5, 5.41) is 10.4. The number of aldehydes is 1. The van der Waals surface area contributed by atoms with Crippen molar-refractivity contribution in [2.45, 2.75) is 6.42 Å². The van der Waals surface area contributed by atoms with Crippen molar-refractivity contribution in [2.24, 2.45) is 0 Å². The molecule has 0 atom stereocenters. The lowest BCUT2D eigenvalue weighted by atomic mass is 10.0. The molecule has 1 saturated heterocycles. The summed E-state index contributed by atoms with van der Waals surface area (Å²) in [6, 6.07) is 8.37. The molecule has 1 fully saturated rings. The Labute approximate surface area is 137 Å². The zero-order valence-electron chi connectivity index (χ0n) is 12.4. The van der Waals surface area contributed by atoms with E-state index in [0.29, 0.717) is 43.2 Å². The summed E-state index contributed by atoms with van der Waals surface area (Å²) < 4.78 is 18.4. The topological polar surface area (TPSA) is 53.3 Å². The Morgan fingerprint density at radius 1 is 1.30 bits per heavy atom. The predicted octanol–water partition coefficient (Wildman–Crippen LogP) is 3.00. The molecule has 1 aromatic carbocycles. The van der Waals surface area contributed by atoms with E-state index in [1.54, 1.807) is 12.1 Å². The van der Waals surface area contributed by atoms with Gasteiger partial charge in [0.1, 0.15) is 16.9 Å². The normalized spacial score (nSPS) is 14.5. The molecular weight excluding hydrogens is 315 g/mol. The van der Waals surface area contributed by atoms with E-state index in [9.17, 15) is 14.4 Å². The van der Waals surface area contributed by atoms with Crippen LogP contribution in [-0.4, -0.2) is 32.6 Å². The van der Waals surface area contributed by atoms with Gasteiger partial charge in [-0.2, -0.15) is 5.26 Å². The zero-order chi connectivity index (χ0) is 16.2. The fraction of sp³-hybridized carbons (Fsp3) is 0.294. The molecule has 0 radical (unpaired) electrons. The van der Waals surface area contributed by atoms with Gasteiger partial charge in [-0.15, -0.1) is 11.3 Å². The minimum atomic E-state index is -0.302. The summed E-state index contributed by atoms with van der Waals surface area (Å²) in [6.45, 7) is 2.66. The van der Waals surface area contributed by atoms with Crippen LogP contribution in [-0.2, 0) is 11.2 Å². The maximum atomic E-state index is 13.0. The van der Waals surface area contributed by atoms with Crippen LogP contribution in [0.15, 0.2) is 24.3 Å². The Hall–Kier alpha value is -2.23. The second-order valence-corrected chi connectivity index (χ2v) is 6.29. The average Bonchev–Trinajstić information content (AvgIpc) is 2.95. The van der Waals surface area contributed by atoms with E-state index in [-0.39, 0.29) is 5.82 Å². The monoisotopic (exact) mass is 330 g/mol. The fourth-order valence-corrected chi connectivity index (χ4v) is 3.79. The fourth-order valence-electron chi connectivity index (χ4n) is 2.65. The van der Waals surface area contributed by atoms with Gasteiger partial charge in [0.25, 0.3) is 0 Å². The third-order valence-electron chi connectivity index (χ3n) is 3.83. The third kappa shape index (κ3) is 3.26. The molecule has 1 aliphatic rings. The highest BCUT2D eigenvalue weighted by Crippen LogP contribution is 2.36. The molecule has 0 spiro atoms. The Balaban J connectivity index is 1.98. The van der Waals surface area contributed by atoms with Gasteiger partial charge in [0.2, 0.25) is 0 Å². The van der Waals surface area contributed by atoms with Crippen LogP contribution < -0.4 is 4.90 Å². The summed E-state index contributed by atoms with van der Waals surface area (Å²) in [5.41, 5.74) is 2.14. The SMILES string of the molecule is N#Cc1c(N2CCOCC2)sc(C=O)c1Cc1ccc(F)cc1.